The van der Waals surface area contributed by atoms with Crippen LogP contribution in [0.3, 0.4) is 0 Å². The third-order valence-electron chi connectivity index (χ3n) is 4.47. The molecule has 3 rings (SSSR count). The molecule has 0 bridgehead atoms. The van der Waals surface area contributed by atoms with Crippen LogP contribution in [0.1, 0.15) is 32.6 Å². The maximum absolute atomic E-state index is 6.09. The minimum atomic E-state index is 0.0339. The Bertz CT molecular complexity index is 532. The second-order valence-corrected chi connectivity index (χ2v) is 6.65. The van der Waals surface area contributed by atoms with Crippen molar-refractivity contribution in [2.24, 2.45) is 11.7 Å². The van der Waals surface area contributed by atoms with E-state index >= 15 is 0 Å². The van der Waals surface area contributed by atoms with E-state index in [4.69, 9.17) is 5.73 Å². The van der Waals surface area contributed by atoms with Gasteiger partial charge >= 0.3 is 0 Å². The number of thiazole rings is 1. The topological polar surface area (TPSA) is 50.9 Å². The molecule has 3 nitrogen and oxygen atoms in total. The maximum Gasteiger partial charge on any atom is 0.184 e. The number of nitrogens with zero attached hydrogens (tertiary/aromatic N) is 1. The summed E-state index contributed by atoms with van der Waals surface area (Å²) in [6.45, 7) is 3.00. The summed E-state index contributed by atoms with van der Waals surface area (Å²) in [6, 6.07) is 8.29. The van der Waals surface area contributed by atoms with E-state index in [1.165, 1.54) is 24.0 Å². The van der Waals surface area contributed by atoms with E-state index < -0.39 is 0 Å². The second kappa shape index (κ2) is 5.10. The van der Waals surface area contributed by atoms with E-state index in [1.54, 1.807) is 11.3 Å². The van der Waals surface area contributed by atoms with E-state index in [2.05, 4.69) is 35.4 Å². The number of aromatic nitrogens is 1. The van der Waals surface area contributed by atoms with Crippen molar-refractivity contribution in [3.05, 3.63) is 24.3 Å². The van der Waals surface area contributed by atoms with Gasteiger partial charge in [0.15, 0.2) is 5.13 Å². The number of rotatable bonds is 3. The smallest absolute Gasteiger partial charge is 0.184 e. The predicted molar refractivity (Wildman–Crippen MR) is 82.7 cm³/mol. The average Bonchev–Trinajstić information content (AvgIpc) is 2.83. The molecule has 0 radical (unpaired) electrons. The molecular weight excluding hydrogens is 254 g/mol. The highest BCUT2D eigenvalue weighted by molar-refractivity contribution is 7.22. The highest BCUT2D eigenvalue weighted by Gasteiger charge is 2.37. The molecular formula is C15H21N3S. The Balaban J connectivity index is 1.89. The molecule has 3 N–H and O–H groups in total. The number of hydrogen-bond donors (Lipinski definition) is 2. The van der Waals surface area contributed by atoms with Crippen LogP contribution in [0.15, 0.2) is 24.3 Å². The van der Waals surface area contributed by atoms with Crippen molar-refractivity contribution in [2.75, 3.05) is 11.9 Å². The zero-order valence-electron chi connectivity index (χ0n) is 11.4. The van der Waals surface area contributed by atoms with Crippen LogP contribution in [-0.4, -0.2) is 17.1 Å². The number of hydrogen-bond acceptors (Lipinski definition) is 4. The summed E-state index contributed by atoms with van der Waals surface area (Å²) in [5.41, 5.74) is 7.19. The third-order valence-corrected chi connectivity index (χ3v) is 5.42. The van der Waals surface area contributed by atoms with Crippen molar-refractivity contribution >= 4 is 26.7 Å². The molecule has 1 aromatic carbocycles. The average molecular weight is 275 g/mol. The van der Waals surface area contributed by atoms with Crippen LogP contribution in [0, 0.1) is 5.92 Å². The van der Waals surface area contributed by atoms with E-state index in [-0.39, 0.29) is 5.54 Å². The number of anilines is 1. The molecule has 2 aromatic rings. The Labute approximate surface area is 118 Å². The summed E-state index contributed by atoms with van der Waals surface area (Å²) in [7, 11) is 0. The molecule has 2 unspecified atom stereocenters. The molecule has 19 heavy (non-hydrogen) atoms. The molecule has 2 atom stereocenters. The van der Waals surface area contributed by atoms with Crippen LogP contribution < -0.4 is 11.1 Å². The van der Waals surface area contributed by atoms with Gasteiger partial charge in [-0.25, -0.2) is 4.98 Å². The summed E-state index contributed by atoms with van der Waals surface area (Å²) in [6.07, 6.45) is 5.00. The van der Waals surface area contributed by atoms with Gasteiger partial charge in [0.25, 0.3) is 0 Å². The number of fused-ring (bicyclic) bond motifs is 1. The summed E-state index contributed by atoms with van der Waals surface area (Å²) in [5.74, 6) is 0.610. The summed E-state index contributed by atoms with van der Waals surface area (Å²) in [5, 5.41) is 4.68. The monoisotopic (exact) mass is 275 g/mol. The first-order valence-corrected chi connectivity index (χ1v) is 7.89. The van der Waals surface area contributed by atoms with Gasteiger partial charge in [0.2, 0.25) is 0 Å². The first-order valence-electron chi connectivity index (χ1n) is 7.07. The fourth-order valence-corrected chi connectivity index (χ4v) is 4.06. The lowest BCUT2D eigenvalue weighted by atomic mass is 9.74. The van der Waals surface area contributed by atoms with E-state index in [0.29, 0.717) is 12.5 Å². The minimum absolute atomic E-state index is 0.0339. The van der Waals surface area contributed by atoms with Gasteiger partial charge in [-0.2, -0.15) is 0 Å². The van der Waals surface area contributed by atoms with Crippen LogP contribution in [-0.2, 0) is 0 Å². The lowest BCUT2D eigenvalue weighted by molar-refractivity contribution is 0.235. The largest absolute Gasteiger partial charge is 0.355 e. The minimum Gasteiger partial charge on any atom is -0.355 e. The number of para-hydroxylation sites is 1. The standard InChI is InChI=1S/C15H21N3S/c1-11-6-4-5-9-15(11,10-16)18-14-17-12-7-2-3-8-13(12)19-14/h2-3,7-8,11H,4-6,9-10,16H2,1H3,(H,17,18). The molecule has 1 aliphatic carbocycles. The van der Waals surface area contributed by atoms with Crippen molar-refractivity contribution in [3.8, 4) is 0 Å². The molecule has 1 aromatic heterocycles. The van der Waals surface area contributed by atoms with Gasteiger partial charge in [0, 0.05) is 6.54 Å². The molecule has 102 valence electrons. The first-order chi connectivity index (χ1) is 9.23. The Morgan fingerprint density at radius 2 is 2.26 bits per heavy atom. The predicted octanol–water partition coefficient (Wildman–Crippen LogP) is 3.62. The zero-order chi connectivity index (χ0) is 13.3. The van der Waals surface area contributed by atoms with Crippen LogP contribution >= 0.6 is 11.3 Å². The van der Waals surface area contributed by atoms with Gasteiger partial charge in [-0.05, 0) is 30.9 Å². The van der Waals surface area contributed by atoms with Gasteiger partial charge in [0.05, 0.1) is 15.8 Å². The quantitative estimate of drug-likeness (QED) is 0.899. The van der Waals surface area contributed by atoms with Gasteiger partial charge in [-0.15, -0.1) is 0 Å². The molecule has 0 amide bonds. The van der Waals surface area contributed by atoms with Gasteiger partial charge in [-0.3, -0.25) is 0 Å². The molecule has 0 spiro atoms. The van der Waals surface area contributed by atoms with E-state index in [0.717, 1.165) is 17.1 Å². The van der Waals surface area contributed by atoms with Crippen molar-refractivity contribution in [3.63, 3.8) is 0 Å². The lowest BCUT2D eigenvalue weighted by Gasteiger charge is -2.42. The fraction of sp³-hybridized carbons (Fsp3) is 0.533. The molecule has 1 heterocycles. The maximum atomic E-state index is 6.09. The number of nitrogens with one attached hydrogen (secondary N) is 1. The highest BCUT2D eigenvalue weighted by Crippen LogP contribution is 2.37. The molecule has 0 aliphatic heterocycles. The van der Waals surface area contributed by atoms with Crippen LogP contribution in [0.25, 0.3) is 10.2 Å². The Hall–Kier alpha value is -1.13. The van der Waals surface area contributed by atoms with Gasteiger partial charge in [-0.1, -0.05) is 43.2 Å². The Kier molecular flexibility index (Phi) is 3.46. The van der Waals surface area contributed by atoms with Crippen LogP contribution in [0.5, 0.6) is 0 Å². The van der Waals surface area contributed by atoms with Crippen molar-refractivity contribution in [1.82, 2.24) is 4.98 Å². The highest BCUT2D eigenvalue weighted by atomic mass is 32.1. The van der Waals surface area contributed by atoms with E-state index in [1.807, 2.05) is 6.07 Å². The van der Waals surface area contributed by atoms with Crippen LogP contribution in [0.2, 0.25) is 0 Å². The van der Waals surface area contributed by atoms with Crippen LogP contribution in [0.4, 0.5) is 5.13 Å². The Morgan fingerprint density at radius 3 is 3.00 bits per heavy atom. The fourth-order valence-electron chi connectivity index (χ4n) is 3.09. The molecule has 1 fully saturated rings. The first kappa shape index (κ1) is 12.9. The molecule has 1 aliphatic rings. The number of benzene rings is 1. The lowest BCUT2D eigenvalue weighted by Crippen LogP contribution is -2.52. The summed E-state index contributed by atoms with van der Waals surface area (Å²) in [4.78, 5) is 4.69. The summed E-state index contributed by atoms with van der Waals surface area (Å²) >= 11 is 1.73. The van der Waals surface area contributed by atoms with Crippen molar-refractivity contribution < 1.29 is 0 Å². The van der Waals surface area contributed by atoms with Gasteiger partial charge < -0.3 is 11.1 Å². The number of nitrogens with two attached hydrogens (primary N) is 1. The zero-order valence-corrected chi connectivity index (χ0v) is 12.2. The molecule has 4 heteroatoms. The SMILES string of the molecule is CC1CCCCC1(CN)Nc1nc2ccccc2s1. The Morgan fingerprint density at radius 1 is 1.42 bits per heavy atom. The summed E-state index contributed by atoms with van der Waals surface area (Å²) < 4.78 is 1.24. The third kappa shape index (κ3) is 2.35. The molecule has 0 saturated heterocycles. The normalized spacial score (nSPS) is 27.6. The van der Waals surface area contributed by atoms with E-state index in [9.17, 15) is 0 Å². The molecule has 1 saturated carbocycles. The van der Waals surface area contributed by atoms with Crippen molar-refractivity contribution in [2.45, 2.75) is 38.1 Å². The van der Waals surface area contributed by atoms with Gasteiger partial charge in [0.1, 0.15) is 0 Å². The van der Waals surface area contributed by atoms with Crippen molar-refractivity contribution in [1.29, 1.82) is 0 Å². The second-order valence-electron chi connectivity index (χ2n) is 5.62.